The van der Waals surface area contributed by atoms with Gasteiger partial charge in [0.05, 0.1) is 6.42 Å². The molecule has 5 nitrogen and oxygen atoms in total. The molecule has 0 unspecified atom stereocenters. The fourth-order valence-corrected chi connectivity index (χ4v) is 2.09. The number of carbonyl (C=O) groups is 1. The molecule has 0 saturated carbocycles. The summed E-state index contributed by atoms with van der Waals surface area (Å²) >= 11 is 0. The van der Waals surface area contributed by atoms with Crippen LogP contribution in [0.5, 0.6) is 5.75 Å². The third-order valence-corrected chi connectivity index (χ3v) is 2.99. The van der Waals surface area contributed by atoms with Gasteiger partial charge in [0.25, 0.3) is 0 Å². The summed E-state index contributed by atoms with van der Waals surface area (Å²) in [4.78, 5) is 12.5. The second kappa shape index (κ2) is 5.37. The van der Waals surface area contributed by atoms with Crippen molar-refractivity contribution in [3.63, 3.8) is 0 Å². The van der Waals surface area contributed by atoms with Gasteiger partial charge in [-0.05, 0) is 24.7 Å². The Labute approximate surface area is 106 Å². The lowest BCUT2D eigenvalue weighted by Crippen LogP contribution is -2.29. The summed E-state index contributed by atoms with van der Waals surface area (Å²) in [5, 5.41) is 18.4. The van der Waals surface area contributed by atoms with Gasteiger partial charge in [-0.2, -0.15) is 0 Å². The number of likely N-dealkylation sites (N-methyl/N-ethyl adjacent to an activating group) is 1. The highest BCUT2D eigenvalue weighted by molar-refractivity contribution is 5.70. The molecule has 1 aromatic rings. The largest absolute Gasteiger partial charge is 0.486 e. The number of nitrogens with zero attached hydrogens (tertiary/aromatic N) is 1. The number of hydrogen-bond donors (Lipinski definition) is 2. The normalized spacial score (nSPS) is 24.1. The standard InChI is InChI=1S/C13H17NO4/c1-14-7-11(15)12(8-14)18-10-4-2-9(3-5-10)6-13(16)17/h2-5,11-12,15H,6-8H2,1H3,(H,16,17)/t11-,12-/m1/s1. The molecule has 5 heteroatoms. The molecular formula is C13H17NO4. The first kappa shape index (κ1) is 12.9. The van der Waals surface area contributed by atoms with Gasteiger partial charge >= 0.3 is 5.97 Å². The van der Waals surface area contributed by atoms with E-state index in [-0.39, 0.29) is 12.5 Å². The molecule has 1 saturated heterocycles. The number of benzene rings is 1. The SMILES string of the molecule is CN1C[C@@H](O)[C@H](Oc2ccc(CC(=O)O)cc2)C1. The van der Waals surface area contributed by atoms with Crippen molar-refractivity contribution in [1.29, 1.82) is 0 Å². The molecular weight excluding hydrogens is 234 g/mol. The molecule has 1 aliphatic heterocycles. The van der Waals surface area contributed by atoms with Gasteiger partial charge in [0.2, 0.25) is 0 Å². The first-order chi connectivity index (χ1) is 8.54. The first-order valence-electron chi connectivity index (χ1n) is 5.88. The van der Waals surface area contributed by atoms with Crippen LogP contribution in [-0.2, 0) is 11.2 Å². The first-order valence-corrected chi connectivity index (χ1v) is 5.88. The Morgan fingerprint density at radius 3 is 2.56 bits per heavy atom. The average Bonchev–Trinajstić information content (AvgIpc) is 2.59. The number of likely N-dealkylation sites (tertiary alicyclic amines) is 1. The lowest BCUT2D eigenvalue weighted by molar-refractivity contribution is -0.136. The molecule has 0 spiro atoms. The van der Waals surface area contributed by atoms with Gasteiger partial charge in [-0.15, -0.1) is 0 Å². The number of aliphatic hydroxyl groups is 1. The number of ether oxygens (including phenoxy) is 1. The van der Waals surface area contributed by atoms with E-state index in [9.17, 15) is 9.90 Å². The minimum atomic E-state index is -0.850. The molecule has 0 aliphatic carbocycles. The highest BCUT2D eigenvalue weighted by atomic mass is 16.5. The molecule has 1 heterocycles. The maximum atomic E-state index is 10.5. The van der Waals surface area contributed by atoms with Gasteiger partial charge in [-0.25, -0.2) is 0 Å². The van der Waals surface area contributed by atoms with Crippen LogP contribution in [0.2, 0.25) is 0 Å². The molecule has 18 heavy (non-hydrogen) atoms. The van der Waals surface area contributed by atoms with E-state index < -0.39 is 12.1 Å². The molecule has 2 N–H and O–H groups in total. The number of β-amino-alcohol motifs (C(OH)–C–C–N with tert-alkyl or cyclic N) is 1. The summed E-state index contributed by atoms with van der Waals surface area (Å²) in [6.45, 7) is 1.31. The van der Waals surface area contributed by atoms with E-state index in [4.69, 9.17) is 9.84 Å². The number of hydrogen-bond acceptors (Lipinski definition) is 4. The van der Waals surface area contributed by atoms with Gasteiger partial charge < -0.3 is 14.9 Å². The van der Waals surface area contributed by atoms with Crippen LogP contribution in [0.3, 0.4) is 0 Å². The predicted octanol–water partition coefficient (Wildman–Crippen LogP) is 0.367. The molecule has 1 aliphatic rings. The zero-order valence-electron chi connectivity index (χ0n) is 10.2. The third kappa shape index (κ3) is 3.21. The summed E-state index contributed by atoms with van der Waals surface area (Å²) < 4.78 is 5.68. The number of carboxylic acids is 1. The quantitative estimate of drug-likeness (QED) is 0.809. The molecule has 1 fully saturated rings. The molecule has 1 aromatic carbocycles. The Hall–Kier alpha value is -1.59. The molecule has 2 atom stereocenters. The summed E-state index contributed by atoms with van der Waals surface area (Å²) in [6.07, 6.45) is -0.691. The van der Waals surface area contributed by atoms with Crippen molar-refractivity contribution >= 4 is 5.97 Å². The van der Waals surface area contributed by atoms with E-state index in [1.807, 2.05) is 11.9 Å². The van der Waals surface area contributed by atoms with E-state index in [0.29, 0.717) is 18.8 Å². The number of aliphatic hydroxyl groups excluding tert-OH is 1. The summed E-state index contributed by atoms with van der Waals surface area (Å²) in [6, 6.07) is 6.94. The maximum absolute atomic E-state index is 10.5. The van der Waals surface area contributed by atoms with Crippen LogP contribution >= 0.6 is 0 Å². The van der Waals surface area contributed by atoms with E-state index in [1.165, 1.54) is 0 Å². The molecule has 0 bridgehead atoms. The van der Waals surface area contributed by atoms with E-state index >= 15 is 0 Å². The number of rotatable bonds is 4. The third-order valence-electron chi connectivity index (χ3n) is 2.99. The fraction of sp³-hybridized carbons (Fsp3) is 0.462. The zero-order chi connectivity index (χ0) is 13.1. The van der Waals surface area contributed by atoms with Crippen LogP contribution < -0.4 is 4.74 Å². The van der Waals surface area contributed by atoms with Crippen molar-refractivity contribution in [1.82, 2.24) is 4.90 Å². The molecule has 0 aromatic heterocycles. The van der Waals surface area contributed by atoms with Crippen LogP contribution in [0.1, 0.15) is 5.56 Å². The lowest BCUT2D eigenvalue weighted by atomic mass is 10.1. The van der Waals surface area contributed by atoms with Crippen molar-refractivity contribution in [2.45, 2.75) is 18.6 Å². The van der Waals surface area contributed by atoms with E-state index in [0.717, 1.165) is 5.56 Å². The molecule has 0 radical (unpaired) electrons. The summed E-state index contributed by atoms with van der Waals surface area (Å²) in [7, 11) is 1.93. The topological polar surface area (TPSA) is 70.0 Å². The van der Waals surface area contributed by atoms with Gasteiger partial charge in [0, 0.05) is 13.1 Å². The Balaban J connectivity index is 1.96. The molecule has 98 valence electrons. The van der Waals surface area contributed by atoms with Crippen LogP contribution in [-0.4, -0.2) is 53.4 Å². The van der Waals surface area contributed by atoms with Crippen LogP contribution in [0.4, 0.5) is 0 Å². The zero-order valence-corrected chi connectivity index (χ0v) is 10.2. The Morgan fingerprint density at radius 1 is 1.39 bits per heavy atom. The molecule has 2 rings (SSSR count). The van der Waals surface area contributed by atoms with Gasteiger partial charge in [0.1, 0.15) is 18.0 Å². The minimum Gasteiger partial charge on any atom is -0.486 e. The fourth-order valence-electron chi connectivity index (χ4n) is 2.09. The Kier molecular flexibility index (Phi) is 3.84. The Bertz CT molecular complexity index is 418. The van der Waals surface area contributed by atoms with Crippen molar-refractivity contribution in [3.05, 3.63) is 29.8 Å². The highest BCUT2D eigenvalue weighted by Gasteiger charge is 2.30. The van der Waals surface area contributed by atoms with Crippen LogP contribution in [0.15, 0.2) is 24.3 Å². The van der Waals surface area contributed by atoms with Crippen LogP contribution in [0.25, 0.3) is 0 Å². The van der Waals surface area contributed by atoms with E-state index in [2.05, 4.69) is 0 Å². The Morgan fingerprint density at radius 2 is 2.06 bits per heavy atom. The summed E-state index contributed by atoms with van der Waals surface area (Å²) in [5.41, 5.74) is 0.735. The number of aliphatic carboxylic acids is 1. The highest BCUT2D eigenvalue weighted by Crippen LogP contribution is 2.18. The average molecular weight is 251 g/mol. The maximum Gasteiger partial charge on any atom is 0.307 e. The second-order valence-electron chi connectivity index (χ2n) is 4.66. The monoisotopic (exact) mass is 251 g/mol. The van der Waals surface area contributed by atoms with Crippen molar-refractivity contribution in [2.24, 2.45) is 0 Å². The lowest BCUT2D eigenvalue weighted by Gasteiger charge is -2.16. The smallest absolute Gasteiger partial charge is 0.307 e. The predicted molar refractivity (Wildman–Crippen MR) is 65.7 cm³/mol. The van der Waals surface area contributed by atoms with Crippen LogP contribution in [0, 0.1) is 0 Å². The van der Waals surface area contributed by atoms with Crippen molar-refractivity contribution in [2.75, 3.05) is 20.1 Å². The van der Waals surface area contributed by atoms with Crippen molar-refractivity contribution < 1.29 is 19.7 Å². The number of carboxylic acid groups (broad SMARTS) is 1. The van der Waals surface area contributed by atoms with E-state index in [1.54, 1.807) is 24.3 Å². The van der Waals surface area contributed by atoms with Gasteiger partial charge in [-0.1, -0.05) is 12.1 Å². The second-order valence-corrected chi connectivity index (χ2v) is 4.66. The summed E-state index contributed by atoms with van der Waals surface area (Å²) in [5.74, 6) is -0.194. The van der Waals surface area contributed by atoms with Crippen molar-refractivity contribution in [3.8, 4) is 5.75 Å². The minimum absolute atomic E-state index is 0.00900. The van der Waals surface area contributed by atoms with Gasteiger partial charge in [0.15, 0.2) is 0 Å². The van der Waals surface area contributed by atoms with Gasteiger partial charge in [-0.3, -0.25) is 9.69 Å². The molecule has 0 amide bonds.